The van der Waals surface area contributed by atoms with E-state index in [1.54, 1.807) is 11.5 Å². The van der Waals surface area contributed by atoms with Gasteiger partial charge in [-0.25, -0.2) is 15.0 Å². The largest absolute Gasteiger partial charge is 0.394 e. The molecule has 1 aliphatic heterocycles. The van der Waals surface area contributed by atoms with Crippen molar-refractivity contribution in [2.24, 2.45) is 0 Å². The normalized spacial score (nSPS) is 32.9. The van der Waals surface area contributed by atoms with Crippen molar-refractivity contribution >= 4 is 17.0 Å². The number of hydrogen-bond acceptors (Lipinski definition) is 8. The SMILES string of the molecule is C[C@@]1(Cn2cnc3c(N)ncnc32)O[C@H](CO)[C@H](O)C1O. The third-order valence-corrected chi connectivity index (χ3v) is 3.84. The Morgan fingerprint density at radius 3 is 2.81 bits per heavy atom. The van der Waals surface area contributed by atoms with E-state index in [2.05, 4.69) is 15.0 Å². The van der Waals surface area contributed by atoms with Gasteiger partial charge in [0.2, 0.25) is 0 Å². The van der Waals surface area contributed by atoms with Gasteiger partial charge in [-0.1, -0.05) is 0 Å². The van der Waals surface area contributed by atoms with Crippen LogP contribution >= 0.6 is 0 Å². The molecule has 0 radical (unpaired) electrons. The van der Waals surface area contributed by atoms with Gasteiger partial charge in [0.05, 0.1) is 19.5 Å². The lowest BCUT2D eigenvalue weighted by molar-refractivity contribution is -0.0893. The molecule has 4 atom stereocenters. The molecule has 2 aromatic heterocycles. The molecule has 21 heavy (non-hydrogen) atoms. The van der Waals surface area contributed by atoms with Crippen molar-refractivity contribution in [1.29, 1.82) is 0 Å². The number of aliphatic hydroxyl groups excluding tert-OH is 3. The van der Waals surface area contributed by atoms with Gasteiger partial charge in [0, 0.05) is 0 Å². The molecule has 0 saturated carbocycles. The molecule has 1 aliphatic rings. The van der Waals surface area contributed by atoms with E-state index >= 15 is 0 Å². The van der Waals surface area contributed by atoms with Crippen LogP contribution in [0.25, 0.3) is 11.2 Å². The molecule has 114 valence electrons. The van der Waals surface area contributed by atoms with Crippen LogP contribution in [0, 0.1) is 0 Å². The van der Waals surface area contributed by atoms with Crippen molar-refractivity contribution < 1.29 is 20.1 Å². The van der Waals surface area contributed by atoms with Gasteiger partial charge in [-0.3, -0.25) is 0 Å². The molecule has 1 fully saturated rings. The highest BCUT2D eigenvalue weighted by atomic mass is 16.6. The Morgan fingerprint density at radius 1 is 1.38 bits per heavy atom. The number of nitrogens with two attached hydrogens (primary N) is 1. The lowest BCUT2D eigenvalue weighted by Crippen LogP contribution is -2.43. The summed E-state index contributed by atoms with van der Waals surface area (Å²) in [5.41, 5.74) is 5.63. The fourth-order valence-corrected chi connectivity index (χ4v) is 2.68. The third kappa shape index (κ3) is 2.14. The minimum Gasteiger partial charge on any atom is -0.394 e. The van der Waals surface area contributed by atoms with Crippen molar-refractivity contribution in [3.05, 3.63) is 12.7 Å². The highest BCUT2D eigenvalue weighted by molar-refractivity contribution is 5.81. The fraction of sp³-hybridized carbons (Fsp3) is 0.583. The molecule has 0 spiro atoms. The van der Waals surface area contributed by atoms with Gasteiger partial charge in [0.15, 0.2) is 11.5 Å². The predicted molar refractivity (Wildman–Crippen MR) is 72.1 cm³/mol. The summed E-state index contributed by atoms with van der Waals surface area (Å²) < 4.78 is 7.27. The lowest BCUT2D eigenvalue weighted by Gasteiger charge is -2.28. The van der Waals surface area contributed by atoms with Gasteiger partial charge in [-0.15, -0.1) is 0 Å². The van der Waals surface area contributed by atoms with Crippen LogP contribution in [0.4, 0.5) is 5.82 Å². The van der Waals surface area contributed by atoms with E-state index in [1.165, 1.54) is 12.7 Å². The van der Waals surface area contributed by atoms with Crippen LogP contribution in [0.1, 0.15) is 6.92 Å². The molecule has 1 saturated heterocycles. The molecule has 9 heteroatoms. The molecule has 0 bridgehead atoms. The predicted octanol–water partition coefficient (Wildman–Crippen LogP) is -1.72. The standard InChI is InChI=1S/C12H17N5O4/c1-12(9(20)8(19)6(2-18)21-12)3-17-5-16-7-10(13)14-4-15-11(7)17/h4-6,8-9,18-20H,2-3H2,1H3,(H2,13,14,15)/t6-,8+,9?,12+/m1/s1. The lowest BCUT2D eigenvalue weighted by atomic mass is 9.96. The van der Waals surface area contributed by atoms with Crippen LogP contribution in [0.3, 0.4) is 0 Å². The Bertz CT molecular complexity index is 662. The summed E-state index contributed by atoms with van der Waals surface area (Å²) in [6.07, 6.45) is -0.245. The average Bonchev–Trinajstić information content (AvgIpc) is 2.96. The molecule has 0 aromatic carbocycles. The van der Waals surface area contributed by atoms with Gasteiger partial charge < -0.3 is 30.4 Å². The number of fused-ring (bicyclic) bond motifs is 1. The Labute approximate surface area is 120 Å². The Morgan fingerprint density at radius 2 is 2.14 bits per heavy atom. The number of ether oxygens (including phenoxy) is 1. The van der Waals surface area contributed by atoms with Crippen LogP contribution in [-0.4, -0.2) is 65.4 Å². The molecule has 2 aromatic rings. The highest BCUT2D eigenvalue weighted by Gasteiger charge is 2.51. The summed E-state index contributed by atoms with van der Waals surface area (Å²) in [6.45, 7) is 1.50. The maximum absolute atomic E-state index is 10.2. The first-order valence-electron chi connectivity index (χ1n) is 6.52. The van der Waals surface area contributed by atoms with Crippen LogP contribution in [0.5, 0.6) is 0 Å². The number of rotatable bonds is 3. The maximum atomic E-state index is 10.2. The molecule has 0 aliphatic carbocycles. The summed E-state index contributed by atoms with van der Waals surface area (Å²) in [5, 5.41) is 29.2. The number of hydrogen-bond donors (Lipinski definition) is 4. The Balaban J connectivity index is 1.93. The number of aromatic nitrogens is 4. The third-order valence-electron chi connectivity index (χ3n) is 3.84. The van der Waals surface area contributed by atoms with E-state index in [0.29, 0.717) is 11.2 Å². The van der Waals surface area contributed by atoms with E-state index in [-0.39, 0.29) is 19.0 Å². The zero-order valence-corrected chi connectivity index (χ0v) is 11.4. The van der Waals surface area contributed by atoms with E-state index < -0.39 is 23.9 Å². The van der Waals surface area contributed by atoms with E-state index in [0.717, 1.165) is 0 Å². The molecule has 1 unspecified atom stereocenters. The summed E-state index contributed by atoms with van der Waals surface area (Å²) in [6, 6.07) is 0. The van der Waals surface area contributed by atoms with Crippen molar-refractivity contribution in [2.45, 2.75) is 37.4 Å². The number of nitrogens with zero attached hydrogens (tertiary/aromatic N) is 4. The number of anilines is 1. The molecule has 9 nitrogen and oxygen atoms in total. The average molecular weight is 295 g/mol. The van der Waals surface area contributed by atoms with E-state index in [4.69, 9.17) is 15.6 Å². The minimum atomic E-state index is -1.14. The topological polar surface area (TPSA) is 140 Å². The van der Waals surface area contributed by atoms with Gasteiger partial charge in [-0.2, -0.15) is 0 Å². The monoisotopic (exact) mass is 295 g/mol. The molecular weight excluding hydrogens is 278 g/mol. The summed E-state index contributed by atoms with van der Waals surface area (Å²) >= 11 is 0. The van der Waals surface area contributed by atoms with Crippen LogP contribution in [0.2, 0.25) is 0 Å². The van der Waals surface area contributed by atoms with Gasteiger partial charge in [0.1, 0.15) is 35.8 Å². The van der Waals surface area contributed by atoms with E-state index in [9.17, 15) is 10.2 Å². The zero-order chi connectivity index (χ0) is 15.2. The quantitative estimate of drug-likeness (QED) is 0.524. The van der Waals surface area contributed by atoms with E-state index in [1.807, 2.05) is 0 Å². The molecule has 3 rings (SSSR count). The van der Waals surface area contributed by atoms with Gasteiger partial charge >= 0.3 is 0 Å². The van der Waals surface area contributed by atoms with Crippen molar-refractivity contribution in [1.82, 2.24) is 19.5 Å². The highest BCUT2D eigenvalue weighted by Crippen LogP contribution is 2.33. The summed E-state index contributed by atoms with van der Waals surface area (Å²) in [4.78, 5) is 12.1. The smallest absolute Gasteiger partial charge is 0.165 e. The van der Waals surface area contributed by atoms with Crippen molar-refractivity contribution in [3.63, 3.8) is 0 Å². The Kier molecular flexibility index (Phi) is 3.29. The number of nitrogen functional groups attached to an aromatic ring is 1. The van der Waals surface area contributed by atoms with Crippen molar-refractivity contribution in [2.75, 3.05) is 12.3 Å². The zero-order valence-electron chi connectivity index (χ0n) is 11.4. The second kappa shape index (κ2) is 4.88. The second-order valence-corrected chi connectivity index (χ2v) is 5.39. The van der Waals surface area contributed by atoms with Gasteiger partial charge in [-0.05, 0) is 6.92 Å². The molecule has 5 N–H and O–H groups in total. The first kappa shape index (κ1) is 14.1. The van der Waals surface area contributed by atoms with Gasteiger partial charge in [0.25, 0.3) is 0 Å². The first-order valence-corrected chi connectivity index (χ1v) is 6.52. The summed E-state index contributed by atoms with van der Waals surface area (Å²) in [5.74, 6) is 0.269. The molecular formula is C12H17N5O4. The fourth-order valence-electron chi connectivity index (χ4n) is 2.68. The number of aliphatic hydroxyl groups is 3. The summed E-state index contributed by atoms with van der Waals surface area (Å²) in [7, 11) is 0. The molecule has 0 amide bonds. The van der Waals surface area contributed by atoms with Crippen LogP contribution < -0.4 is 5.73 Å². The van der Waals surface area contributed by atoms with Crippen LogP contribution in [-0.2, 0) is 11.3 Å². The minimum absolute atomic E-state index is 0.203. The molecule has 3 heterocycles. The second-order valence-electron chi connectivity index (χ2n) is 5.39. The van der Waals surface area contributed by atoms with Crippen LogP contribution in [0.15, 0.2) is 12.7 Å². The first-order chi connectivity index (χ1) is 9.96. The number of imidazole rings is 1. The van der Waals surface area contributed by atoms with Crippen molar-refractivity contribution in [3.8, 4) is 0 Å². The maximum Gasteiger partial charge on any atom is 0.165 e. The Hall–Kier alpha value is -1.81.